The van der Waals surface area contributed by atoms with Gasteiger partial charge in [-0.25, -0.2) is 4.79 Å². The maximum Gasteiger partial charge on any atom is 0.315 e. The van der Waals surface area contributed by atoms with Gasteiger partial charge in [0.15, 0.2) is 0 Å². The van der Waals surface area contributed by atoms with Gasteiger partial charge in [0.2, 0.25) is 47.3 Å². The summed E-state index contributed by atoms with van der Waals surface area (Å²) in [6.07, 6.45) is 9.54. The van der Waals surface area contributed by atoms with Crippen LogP contribution in [0.3, 0.4) is 0 Å². The van der Waals surface area contributed by atoms with Gasteiger partial charge in [-0.3, -0.25) is 38.4 Å². The molecular formula is C46H82N10O13S. The fourth-order valence-electron chi connectivity index (χ4n) is 7.38. The monoisotopic (exact) mass is 1010 g/mol. The average Bonchev–Trinajstić information content (AvgIpc) is 3.88. The maximum absolute atomic E-state index is 13.1. The zero-order valence-corrected chi connectivity index (χ0v) is 42.0. The Morgan fingerprint density at radius 2 is 1.10 bits per heavy atom. The third-order valence-corrected chi connectivity index (χ3v) is 12.9. The van der Waals surface area contributed by atoms with E-state index in [0.29, 0.717) is 82.7 Å². The Morgan fingerprint density at radius 3 is 1.73 bits per heavy atom. The van der Waals surface area contributed by atoms with Crippen molar-refractivity contribution in [1.82, 2.24) is 42.5 Å². The van der Waals surface area contributed by atoms with Crippen molar-refractivity contribution in [2.75, 3.05) is 91.3 Å². The SMILES string of the molecule is C[C@@H](CCCCNC(=O)[C@H](CCCCNC(=O)CCCC(=O)NCCOCCOCC(=O)NCCOCCOCC(=O)NCCCCCC(N)=O)NC(=O)CCCC[C@@H]1SC[C@@H]2NC(=O)N[C@@H]21)C(N)=O. The van der Waals surface area contributed by atoms with Crippen molar-refractivity contribution in [3.8, 4) is 0 Å². The van der Waals surface area contributed by atoms with Crippen LogP contribution in [-0.2, 0) is 57.3 Å². The van der Waals surface area contributed by atoms with Gasteiger partial charge in [-0.1, -0.05) is 26.2 Å². The van der Waals surface area contributed by atoms with Crippen LogP contribution in [0.4, 0.5) is 4.79 Å². The molecule has 0 aliphatic carbocycles. The first-order valence-corrected chi connectivity index (χ1v) is 26.0. The first-order chi connectivity index (χ1) is 33.7. The lowest BCUT2D eigenvalue weighted by molar-refractivity contribution is -0.129. The van der Waals surface area contributed by atoms with E-state index < -0.39 is 6.04 Å². The van der Waals surface area contributed by atoms with Crippen molar-refractivity contribution in [1.29, 1.82) is 0 Å². The number of amides is 10. The Labute approximate surface area is 416 Å². The van der Waals surface area contributed by atoms with E-state index in [1.807, 2.05) is 11.8 Å². The average molecular weight is 1020 g/mol. The van der Waals surface area contributed by atoms with Crippen molar-refractivity contribution in [3.63, 3.8) is 0 Å². The summed E-state index contributed by atoms with van der Waals surface area (Å²) in [4.78, 5) is 108. The molecule has 70 heavy (non-hydrogen) atoms. The topological polar surface area (TPSA) is 339 Å². The van der Waals surface area contributed by atoms with Crippen LogP contribution < -0.4 is 54.0 Å². The molecular weight excluding hydrogens is 933 g/mol. The second-order valence-electron chi connectivity index (χ2n) is 17.4. The summed E-state index contributed by atoms with van der Waals surface area (Å²) in [7, 11) is 0. The van der Waals surface area contributed by atoms with Crippen molar-refractivity contribution in [2.45, 2.75) is 139 Å². The number of primary amides is 2. The molecule has 400 valence electrons. The number of nitrogens with two attached hydrogens (primary N) is 2. The van der Waals surface area contributed by atoms with Crippen molar-refractivity contribution in [2.24, 2.45) is 17.4 Å². The molecule has 12 N–H and O–H groups in total. The van der Waals surface area contributed by atoms with Gasteiger partial charge in [-0.15, -0.1) is 0 Å². The zero-order valence-electron chi connectivity index (χ0n) is 41.2. The Bertz CT molecular complexity index is 1600. The predicted octanol–water partition coefficient (Wildman–Crippen LogP) is -0.478. The fourth-order valence-corrected chi connectivity index (χ4v) is 8.92. The molecule has 2 aliphatic rings. The number of thioether (sulfide) groups is 1. The molecule has 24 heteroatoms. The smallest absolute Gasteiger partial charge is 0.315 e. The molecule has 0 aromatic heterocycles. The van der Waals surface area contributed by atoms with Crippen LogP contribution in [-0.4, -0.2) is 168 Å². The van der Waals surface area contributed by atoms with E-state index in [1.165, 1.54) is 0 Å². The van der Waals surface area contributed by atoms with Crippen LogP contribution in [0.25, 0.3) is 0 Å². The second-order valence-corrected chi connectivity index (χ2v) is 18.7. The molecule has 0 bridgehead atoms. The van der Waals surface area contributed by atoms with Gasteiger partial charge in [-0.2, -0.15) is 11.8 Å². The molecule has 5 atom stereocenters. The van der Waals surface area contributed by atoms with Crippen LogP contribution >= 0.6 is 11.8 Å². The third kappa shape index (κ3) is 31.4. The summed E-state index contributed by atoms with van der Waals surface area (Å²) in [5, 5.41) is 23.0. The van der Waals surface area contributed by atoms with E-state index >= 15 is 0 Å². The van der Waals surface area contributed by atoms with Gasteiger partial charge in [0, 0.05) is 75.3 Å². The standard InChI is InChI=1S/C46H82N10O13S/c1-33(44(48)63)12-6-9-21-53-45(64)34(54-40(60)16-5-4-14-36-43-35(32-70-36)55-46(65)56-43)13-7-10-20-49-38(58)17-11-18-39(59)51-22-24-66-26-29-69-31-42(62)52-23-25-67-27-28-68-30-41(61)50-19-8-2-3-15-37(47)57/h33-36,43H,2-32H2,1H3,(H2,47,57)(H2,48,63)(H,49,58)(H,50,61)(H,51,59)(H,52,62)(H,53,64)(H,54,60)(H2,55,56,65)/t33-,34-,35-,36-,43-/m0/s1. The number of unbranched alkanes of at least 4 members (excludes halogenated alkanes) is 5. The lowest BCUT2D eigenvalue weighted by Gasteiger charge is -2.19. The van der Waals surface area contributed by atoms with E-state index in [0.717, 1.165) is 37.9 Å². The number of hydrogen-bond acceptors (Lipinski definition) is 14. The highest BCUT2D eigenvalue weighted by molar-refractivity contribution is 8.00. The lowest BCUT2D eigenvalue weighted by atomic mass is 10.0. The fraction of sp³-hybridized carbons (Fsp3) is 0.804. The number of hydrogen-bond donors (Lipinski definition) is 10. The Hall–Kier alpha value is -4.78. The molecule has 2 heterocycles. The Morgan fingerprint density at radius 1 is 0.571 bits per heavy atom. The van der Waals surface area contributed by atoms with Gasteiger partial charge < -0.3 is 72.9 Å². The lowest BCUT2D eigenvalue weighted by Crippen LogP contribution is -2.47. The highest BCUT2D eigenvalue weighted by Crippen LogP contribution is 2.33. The van der Waals surface area contributed by atoms with Crippen LogP contribution in [0, 0.1) is 5.92 Å². The molecule has 2 saturated heterocycles. The van der Waals surface area contributed by atoms with Crippen LogP contribution in [0.1, 0.15) is 116 Å². The zero-order chi connectivity index (χ0) is 51.2. The Balaban J connectivity index is 1.46. The summed E-state index contributed by atoms with van der Waals surface area (Å²) in [6.45, 7) is 4.81. The Kier molecular flexibility index (Phi) is 34.1. The van der Waals surface area contributed by atoms with Gasteiger partial charge in [0.05, 0.1) is 51.7 Å². The minimum absolute atomic E-state index is 0.0828. The summed E-state index contributed by atoms with van der Waals surface area (Å²) < 4.78 is 21.4. The van der Waals surface area contributed by atoms with Crippen molar-refractivity contribution < 1.29 is 62.1 Å². The molecule has 10 amide bonds. The molecule has 0 unspecified atom stereocenters. The van der Waals surface area contributed by atoms with Gasteiger partial charge >= 0.3 is 6.03 Å². The number of ether oxygens (including phenoxy) is 4. The van der Waals surface area contributed by atoms with E-state index in [4.69, 9.17) is 30.4 Å². The summed E-state index contributed by atoms with van der Waals surface area (Å²) >= 11 is 1.83. The molecule has 2 fully saturated rings. The second kappa shape index (κ2) is 38.9. The largest absolute Gasteiger partial charge is 0.377 e. The molecule has 2 rings (SSSR count). The molecule has 2 aliphatic heterocycles. The number of urea groups is 1. The molecule has 0 aromatic rings. The van der Waals surface area contributed by atoms with Crippen LogP contribution in [0.15, 0.2) is 0 Å². The van der Waals surface area contributed by atoms with Gasteiger partial charge in [0.25, 0.3) is 0 Å². The minimum atomic E-state index is -0.730. The van der Waals surface area contributed by atoms with Gasteiger partial charge in [0.1, 0.15) is 19.3 Å². The maximum atomic E-state index is 13.1. The number of rotatable bonds is 44. The van der Waals surface area contributed by atoms with Crippen molar-refractivity contribution in [3.05, 3.63) is 0 Å². The van der Waals surface area contributed by atoms with Crippen LogP contribution in [0.2, 0.25) is 0 Å². The van der Waals surface area contributed by atoms with E-state index in [9.17, 15) is 43.2 Å². The van der Waals surface area contributed by atoms with E-state index in [2.05, 4.69) is 42.5 Å². The first kappa shape index (κ1) is 61.3. The highest BCUT2D eigenvalue weighted by Gasteiger charge is 2.42. The predicted molar refractivity (Wildman–Crippen MR) is 262 cm³/mol. The number of nitrogens with one attached hydrogen (secondary N) is 8. The third-order valence-electron chi connectivity index (χ3n) is 11.4. The summed E-state index contributed by atoms with van der Waals surface area (Å²) in [6, 6.07) is -0.591. The normalized spacial score (nSPS) is 16.8. The van der Waals surface area contributed by atoms with Crippen LogP contribution in [0.5, 0.6) is 0 Å². The number of carbonyl (C=O) groups excluding carboxylic acids is 9. The van der Waals surface area contributed by atoms with Gasteiger partial charge in [-0.05, 0) is 64.2 Å². The van der Waals surface area contributed by atoms with E-state index in [1.54, 1.807) is 6.92 Å². The number of fused-ring (bicyclic) bond motifs is 1. The molecule has 0 spiro atoms. The molecule has 0 radical (unpaired) electrons. The van der Waals surface area contributed by atoms with E-state index in [-0.39, 0.29) is 156 Å². The quantitative estimate of drug-likeness (QED) is 0.0273. The summed E-state index contributed by atoms with van der Waals surface area (Å²) in [5.74, 6) is -1.47. The highest BCUT2D eigenvalue weighted by atomic mass is 32.2. The minimum Gasteiger partial charge on any atom is -0.377 e. The van der Waals surface area contributed by atoms with Crippen molar-refractivity contribution >= 4 is 65.1 Å². The molecule has 0 aromatic carbocycles. The summed E-state index contributed by atoms with van der Waals surface area (Å²) in [5.41, 5.74) is 10.4. The first-order valence-electron chi connectivity index (χ1n) is 25.0. The molecule has 23 nitrogen and oxygen atoms in total. The molecule has 0 saturated carbocycles. The number of carbonyl (C=O) groups is 9.